The van der Waals surface area contributed by atoms with Gasteiger partial charge in [-0.1, -0.05) is 42.0 Å². The van der Waals surface area contributed by atoms with Crippen LogP contribution in [-0.2, 0) is 22.2 Å². The summed E-state index contributed by atoms with van der Waals surface area (Å²) in [5, 5.41) is 20.2. The molecule has 28 heavy (non-hydrogen) atoms. The van der Waals surface area contributed by atoms with Crippen LogP contribution >= 0.6 is 0 Å². The average Bonchev–Trinajstić information content (AvgIpc) is 2.62. The maximum atomic E-state index is 12.6. The molecule has 0 saturated carbocycles. The molecule has 0 aromatic heterocycles. The van der Waals surface area contributed by atoms with Gasteiger partial charge in [0.25, 0.3) is 0 Å². The molecule has 1 amide bonds. The highest BCUT2D eigenvalue weighted by Gasteiger charge is 2.34. The zero-order valence-electron chi connectivity index (χ0n) is 15.0. The van der Waals surface area contributed by atoms with Crippen LogP contribution in [0.25, 0.3) is 0 Å². The summed E-state index contributed by atoms with van der Waals surface area (Å²) < 4.78 is 37.9. The summed E-state index contributed by atoms with van der Waals surface area (Å²) in [6.07, 6.45) is -5.14. The van der Waals surface area contributed by atoms with Gasteiger partial charge < -0.3 is 21.3 Å². The number of carbonyl (C=O) groups is 2. The smallest absolute Gasteiger partial charge is 0.419 e. The molecule has 0 bridgehead atoms. The Morgan fingerprint density at radius 1 is 1.14 bits per heavy atom. The highest BCUT2D eigenvalue weighted by atomic mass is 19.4. The number of nitrogens with two attached hydrogens (primary N) is 1. The maximum absolute atomic E-state index is 12.6. The predicted octanol–water partition coefficient (Wildman–Crippen LogP) is 2.48. The summed E-state index contributed by atoms with van der Waals surface area (Å²) in [5.74, 6) is -3.10. The third-order valence-corrected chi connectivity index (χ3v) is 3.57. The van der Waals surface area contributed by atoms with E-state index in [1.165, 1.54) is 5.56 Å². The van der Waals surface area contributed by atoms with E-state index in [1.807, 2.05) is 18.2 Å². The van der Waals surface area contributed by atoms with Crippen molar-refractivity contribution in [2.45, 2.75) is 25.6 Å². The molecule has 0 fully saturated rings. The first-order valence-electron chi connectivity index (χ1n) is 8.17. The number of nitrogens with one attached hydrogen (secondary N) is 1. The van der Waals surface area contributed by atoms with Gasteiger partial charge in [0.1, 0.15) is 11.8 Å². The van der Waals surface area contributed by atoms with E-state index < -0.39 is 42.0 Å². The van der Waals surface area contributed by atoms with Gasteiger partial charge in [-0.25, -0.2) is 4.79 Å². The number of benzene rings is 2. The van der Waals surface area contributed by atoms with Gasteiger partial charge >= 0.3 is 12.1 Å². The standard InChI is InChI=1S/C12H13F3N2O4.C7H8/c13-12(14,15)7-3-6(1-2-9(7)18)4-8(11(20)21)17-10(19)5-16;1-7-5-3-2-4-6-7/h1-3,8,18H,4-5,16H2,(H,17,19)(H,20,21);2-6H,1H3/t8-;/m0./s1. The first kappa shape index (κ1) is 23.0. The number of halogens is 3. The summed E-state index contributed by atoms with van der Waals surface area (Å²) in [6, 6.07) is 11.5. The second kappa shape index (κ2) is 10.3. The number of rotatable bonds is 5. The molecule has 0 aliphatic carbocycles. The van der Waals surface area contributed by atoms with Gasteiger partial charge in [-0.05, 0) is 24.6 Å². The Morgan fingerprint density at radius 3 is 2.18 bits per heavy atom. The number of hydrogen-bond donors (Lipinski definition) is 4. The molecule has 0 heterocycles. The molecule has 2 aromatic carbocycles. The molecule has 6 nitrogen and oxygen atoms in total. The number of carboxylic acid groups (broad SMARTS) is 1. The van der Waals surface area contributed by atoms with E-state index >= 15 is 0 Å². The molecule has 2 aromatic rings. The minimum Gasteiger partial charge on any atom is -0.507 e. The lowest BCUT2D eigenvalue weighted by Crippen LogP contribution is -2.44. The van der Waals surface area contributed by atoms with Gasteiger partial charge in [-0.2, -0.15) is 13.2 Å². The molecule has 0 saturated heterocycles. The lowest BCUT2D eigenvalue weighted by molar-refractivity contribution is -0.141. The molecule has 152 valence electrons. The fraction of sp³-hybridized carbons (Fsp3) is 0.263. The number of aryl methyl sites for hydroxylation is 1. The molecule has 0 aliphatic rings. The van der Waals surface area contributed by atoms with E-state index in [0.29, 0.717) is 6.07 Å². The molecule has 9 heteroatoms. The van der Waals surface area contributed by atoms with Crippen molar-refractivity contribution in [3.63, 3.8) is 0 Å². The zero-order valence-corrected chi connectivity index (χ0v) is 15.0. The van der Waals surface area contributed by atoms with E-state index in [-0.39, 0.29) is 12.0 Å². The minimum absolute atomic E-state index is 0.00449. The summed E-state index contributed by atoms with van der Waals surface area (Å²) in [7, 11) is 0. The molecule has 0 spiro atoms. The van der Waals surface area contributed by atoms with Gasteiger partial charge in [0, 0.05) is 6.42 Å². The van der Waals surface area contributed by atoms with Crippen molar-refractivity contribution in [2.75, 3.05) is 6.54 Å². The number of carbonyl (C=O) groups excluding carboxylic acids is 1. The van der Waals surface area contributed by atoms with Crippen LogP contribution in [0.4, 0.5) is 13.2 Å². The van der Waals surface area contributed by atoms with Crippen LogP contribution in [-0.4, -0.2) is 34.7 Å². The van der Waals surface area contributed by atoms with Crippen LogP contribution in [0.1, 0.15) is 16.7 Å². The largest absolute Gasteiger partial charge is 0.507 e. The highest BCUT2D eigenvalue weighted by molar-refractivity contribution is 5.84. The van der Waals surface area contributed by atoms with Gasteiger partial charge in [-0.3, -0.25) is 4.79 Å². The number of alkyl halides is 3. The molecule has 5 N–H and O–H groups in total. The first-order valence-corrected chi connectivity index (χ1v) is 8.17. The summed E-state index contributed by atoms with van der Waals surface area (Å²) in [4.78, 5) is 22.1. The Morgan fingerprint density at radius 2 is 1.75 bits per heavy atom. The Bertz CT molecular complexity index is 796. The van der Waals surface area contributed by atoms with Crippen LogP contribution in [0.5, 0.6) is 5.75 Å². The van der Waals surface area contributed by atoms with Crippen LogP contribution < -0.4 is 11.1 Å². The van der Waals surface area contributed by atoms with Crippen molar-refractivity contribution in [2.24, 2.45) is 5.73 Å². The number of aliphatic carboxylic acids is 1. The number of phenolic OH excluding ortho intramolecular Hbond substituents is 1. The fourth-order valence-corrected chi connectivity index (χ4v) is 2.16. The Kier molecular flexibility index (Phi) is 8.46. The molecule has 1 atom stereocenters. The first-order chi connectivity index (χ1) is 13.0. The lowest BCUT2D eigenvalue weighted by atomic mass is 10.0. The summed E-state index contributed by atoms with van der Waals surface area (Å²) >= 11 is 0. The van der Waals surface area contributed by atoms with Crippen molar-refractivity contribution >= 4 is 11.9 Å². The van der Waals surface area contributed by atoms with E-state index in [1.54, 1.807) is 0 Å². The highest BCUT2D eigenvalue weighted by Crippen LogP contribution is 2.36. The number of phenols is 1. The summed E-state index contributed by atoms with van der Waals surface area (Å²) in [5.41, 5.74) is 5.09. The monoisotopic (exact) mass is 398 g/mol. The third-order valence-electron chi connectivity index (χ3n) is 3.57. The SMILES string of the molecule is Cc1ccccc1.NCC(=O)N[C@@H](Cc1ccc(O)c(C(F)(F)F)c1)C(=O)O. The van der Waals surface area contributed by atoms with Crippen molar-refractivity contribution < 1.29 is 33.0 Å². The lowest BCUT2D eigenvalue weighted by Gasteiger charge is -2.16. The van der Waals surface area contributed by atoms with Gasteiger partial charge in [-0.15, -0.1) is 0 Å². The number of aromatic hydroxyl groups is 1. The van der Waals surface area contributed by atoms with Crippen LogP contribution in [0, 0.1) is 6.92 Å². The van der Waals surface area contributed by atoms with Crippen LogP contribution in [0.15, 0.2) is 48.5 Å². The van der Waals surface area contributed by atoms with Crippen molar-refractivity contribution in [1.82, 2.24) is 5.32 Å². The normalized spacial score (nSPS) is 11.8. The van der Waals surface area contributed by atoms with E-state index in [9.17, 15) is 27.9 Å². The Balaban J connectivity index is 0.000000467. The van der Waals surface area contributed by atoms with Crippen LogP contribution in [0.2, 0.25) is 0 Å². The Hall–Kier alpha value is -3.07. The van der Waals surface area contributed by atoms with E-state index in [0.717, 1.165) is 12.1 Å². The molecule has 0 aliphatic heterocycles. The third kappa shape index (κ3) is 7.67. The molecule has 2 rings (SSSR count). The Labute approximate surface area is 159 Å². The van der Waals surface area contributed by atoms with E-state index in [4.69, 9.17) is 10.8 Å². The number of hydrogen-bond acceptors (Lipinski definition) is 4. The molecule has 0 unspecified atom stereocenters. The molecular formula is C19H21F3N2O4. The second-order valence-corrected chi connectivity index (χ2v) is 5.87. The second-order valence-electron chi connectivity index (χ2n) is 5.87. The van der Waals surface area contributed by atoms with Gasteiger partial charge in [0.2, 0.25) is 5.91 Å². The number of carboxylic acids is 1. The minimum atomic E-state index is -4.76. The summed E-state index contributed by atoms with van der Waals surface area (Å²) in [6.45, 7) is 1.65. The van der Waals surface area contributed by atoms with E-state index in [2.05, 4.69) is 24.4 Å². The molecule has 0 radical (unpaired) electrons. The average molecular weight is 398 g/mol. The quantitative estimate of drug-likeness (QED) is 0.618. The predicted molar refractivity (Wildman–Crippen MR) is 96.6 cm³/mol. The number of amides is 1. The van der Waals surface area contributed by atoms with Crippen molar-refractivity contribution in [1.29, 1.82) is 0 Å². The fourth-order valence-electron chi connectivity index (χ4n) is 2.16. The van der Waals surface area contributed by atoms with Gasteiger partial charge in [0.05, 0.1) is 12.1 Å². The molecular weight excluding hydrogens is 377 g/mol. The van der Waals surface area contributed by atoms with Crippen LogP contribution in [0.3, 0.4) is 0 Å². The van der Waals surface area contributed by atoms with Gasteiger partial charge in [0.15, 0.2) is 0 Å². The van der Waals surface area contributed by atoms with Crippen molar-refractivity contribution in [3.8, 4) is 5.75 Å². The zero-order chi connectivity index (χ0) is 21.3. The topological polar surface area (TPSA) is 113 Å². The maximum Gasteiger partial charge on any atom is 0.419 e. The van der Waals surface area contributed by atoms with Crippen molar-refractivity contribution in [3.05, 3.63) is 65.2 Å².